The van der Waals surface area contributed by atoms with Gasteiger partial charge in [-0.05, 0) is 5.56 Å². The standard InChI is InChI=1S/C12H15N3S/c13-12-15-11(9-16-12)6-7-14-8-10-4-2-1-3-5-10/h1-5,9,14H,6-8H2,(H2,13,15). The van der Waals surface area contributed by atoms with E-state index in [1.165, 1.54) is 16.9 Å². The summed E-state index contributed by atoms with van der Waals surface area (Å²) in [6.07, 6.45) is 0.931. The van der Waals surface area contributed by atoms with E-state index >= 15 is 0 Å². The summed E-state index contributed by atoms with van der Waals surface area (Å²) in [5.41, 5.74) is 7.94. The minimum absolute atomic E-state index is 0.651. The molecule has 84 valence electrons. The number of nitrogen functional groups attached to an aromatic ring is 1. The van der Waals surface area contributed by atoms with Gasteiger partial charge in [-0.15, -0.1) is 11.3 Å². The van der Waals surface area contributed by atoms with E-state index in [-0.39, 0.29) is 0 Å². The Morgan fingerprint density at radius 2 is 2.06 bits per heavy atom. The number of aromatic nitrogens is 1. The fourth-order valence-corrected chi connectivity index (χ4v) is 2.08. The first kappa shape index (κ1) is 11.1. The molecule has 1 heterocycles. The molecule has 3 N–H and O–H groups in total. The Labute approximate surface area is 99.3 Å². The zero-order valence-corrected chi connectivity index (χ0v) is 9.83. The highest BCUT2D eigenvalue weighted by atomic mass is 32.1. The first-order valence-corrected chi connectivity index (χ1v) is 6.17. The Balaban J connectivity index is 1.69. The summed E-state index contributed by atoms with van der Waals surface area (Å²) in [6, 6.07) is 10.4. The summed E-state index contributed by atoms with van der Waals surface area (Å²) in [7, 11) is 0. The van der Waals surface area contributed by atoms with Crippen LogP contribution in [0.25, 0.3) is 0 Å². The third-order valence-corrected chi connectivity index (χ3v) is 3.02. The van der Waals surface area contributed by atoms with Crippen LogP contribution in [0.4, 0.5) is 5.13 Å². The normalized spacial score (nSPS) is 10.5. The number of nitrogens with zero attached hydrogens (tertiary/aromatic N) is 1. The second kappa shape index (κ2) is 5.63. The summed E-state index contributed by atoms with van der Waals surface area (Å²) in [4.78, 5) is 4.21. The Morgan fingerprint density at radius 1 is 1.25 bits per heavy atom. The molecule has 1 aromatic carbocycles. The van der Waals surface area contributed by atoms with Crippen molar-refractivity contribution in [1.82, 2.24) is 10.3 Å². The van der Waals surface area contributed by atoms with Crippen LogP contribution >= 0.6 is 11.3 Å². The van der Waals surface area contributed by atoms with Gasteiger partial charge in [0.25, 0.3) is 0 Å². The van der Waals surface area contributed by atoms with E-state index in [1.54, 1.807) is 0 Å². The van der Waals surface area contributed by atoms with Crippen molar-refractivity contribution in [2.24, 2.45) is 0 Å². The number of anilines is 1. The largest absolute Gasteiger partial charge is 0.375 e. The van der Waals surface area contributed by atoms with E-state index in [1.807, 2.05) is 11.4 Å². The van der Waals surface area contributed by atoms with Gasteiger partial charge in [-0.2, -0.15) is 0 Å². The predicted octanol–water partition coefficient (Wildman–Crippen LogP) is 2.06. The summed E-state index contributed by atoms with van der Waals surface area (Å²) < 4.78 is 0. The van der Waals surface area contributed by atoms with Gasteiger partial charge in [0.05, 0.1) is 5.69 Å². The van der Waals surface area contributed by atoms with Crippen LogP contribution in [0, 0.1) is 0 Å². The molecule has 0 radical (unpaired) electrons. The van der Waals surface area contributed by atoms with Gasteiger partial charge in [-0.1, -0.05) is 30.3 Å². The SMILES string of the molecule is Nc1nc(CCNCc2ccccc2)cs1. The summed E-state index contributed by atoms with van der Waals surface area (Å²) in [6.45, 7) is 1.83. The van der Waals surface area contributed by atoms with E-state index in [9.17, 15) is 0 Å². The molecule has 0 spiro atoms. The third kappa shape index (κ3) is 3.32. The second-order valence-corrected chi connectivity index (χ2v) is 4.48. The van der Waals surface area contributed by atoms with Crippen molar-refractivity contribution in [3.05, 3.63) is 47.0 Å². The van der Waals surface area contributed by atoms with E-state index < -0.39 is 0 Å². The maximum Gasteiger partial charge on any atom is 0.180 e. The van der Waals surface area contributed by atoms with Crippen molar-refractivity contribution < 1.29 is 0 Å². The maximum absolute atomic E-state index is 5.56. The Bertz CT molecular complexity index is 425. The maximum atomic E-state index is 5.56. The second-order valence-electron chi connectivity index (χ2n) is 3.59. The van der Waals surface area contributed by atoms with Crippen LogP contribution in [0.2, 0.25) is 0 Å². The van der Waals surface area contributed by atoms with Gasteiger partial charge in [0.15, 0.2) is 5.13 Å². The number of nitrogens with one attached hydrogen (secondary N) is 1. The molecule has 2 aromatic rings. The first-order chi connectivity index (χ1) is 7.84. The number of benzene rings is 1. The molecule has 1 aromatic heterocycles. The van der Waals surface area contributed by atoms with Crippen molar-refractivity contribution in [1.29, 1.82) is 0 Å². The molecule has 3 nitrogen and oxygen atoms in total. The Kier molecular flexibility index (Phi) is 3.91. The van der Waals surface area contributed by atoms with Crippen molar-refractivity contribution >= 4 is 16.5 Å². The van der Waals surface area contributed by atoms with Gasteiger partial charge in [0.1, 0.15) is 0 Å². The summed E-state index contributed by atoms with van der Waals surface area (Å²) >= 11 is 1.50. The van der Waals surface area contributed by atoms with E-state index in [4.69, 9.17) is 5.73 Å². The number of thiazole rings is 1. The minimum Gasteiger partial charge on any atom is -0.375 e. The lowest BCUT2D eigenvalue weighted by Crippen LogP contribution is -2.16. The van der Waals surface area contributed by atoms with Crippen molar-refractivity contribution in [3.8, 4) is 0 Å². The topological polar surface area (TPSA) is 50.9 Å². The molecule has 4 heteroatoms. The number of hydrogen-bond donors (Lipinski definition) is 2. The third-order valence-electron chi connectivity index (χ3n) is 2.30. The molecule has 0 bridgehead atoms. The monoisotopic (exact) mass is 233 g/mol. The molecule has 0 amide bonds. The van der Waals surface area contributed by atoms with Gasteiger partial charge in [0.2, 0.25) is 0 Å². The Morgan fingerprint density at radius 3 is 2.75 bits per heavy atom. The van der Waals surface area contributed by atoms with Gasteiger partial charge in [-0.25, -0.2) is 4.98 Å². The van der Waals surface area contributed by atoms with Crippen LogP contribution in [0.5, 0.6) is 0 Å². The molecule has 16 heavy (non-hydrogen) atoms. The molecule has 0 aliphatic heterocycles. The van der Waals surface area contributed by atoms with Crippen LogP contribution < -0.4 is 11.1 Å². The van der Waals surface area contributed by atoms with Crippen LogP contribution in [0.1, 0.15) is 11.3 Å². The lowest BCUT2D eigenvalue weighted by molar-refractivity contribution is 0.682. The van der Waals surface area contributed by atoms with Crippen molar-refractivity contribution in [3.63, 3.8) is 0 Å². The first-order valence-electron chi connectivity index (χ1n) is 5.29. The van der Waals surface area contributed by atoms with E-state index in [0.717, 1.165) is 25.2 Å². The lowest BCUT2D eigenvalue weighted by atomic mass is 10.2. The Hall–Kier alpha value is -1.39. The number of nitrogens with two attached hydrogens (primary N) is 1. The molecule has 0 unspecified atom stereocenters. The molecule has 0 fully saturated rings. The van der Waals surface area contributed by atoms with Gasteiger partial charge >= 0.3 is 0 Å². The molecule has 0 saturated heterocycles. The van der Waals surface area contributed by atoms with E-state index in [2.05, 4.69) is 34.6 Å². The fraction of sp³-hybridized carbons (Fsp3) is 0.250. The molecule has 2 rings (SSSR count). The molecular weight excluding hydrogens is 218 g/mol. The zero-order chi connectivity index (χ0) is 11.2. The average Bonchev–Trinajstić information content (AvgIpc) is 2.72. The van der Waals surface area contributed by atoms with Gasteiger partial charge in [0, 0.05) is 24.9 Å². The van der Waals surface area contributed by atoms with Gasteiger partial charge < -0.3 is 11.1 Å². The summed E-state index contributed by atoms with van der Waals surface area (Å²) in [5.74, 6) is 0. The van der Waals surface area contributed by atoms with Crippen LogP contribution in [0.15, 0.2) is 35.7 Å². The highest BCUT2D eigenvalue weighted by Gasteiger charge is 1.98. The average molecular weight is 233 g/mol. The van der Waals surface area contributed by atoms with Crippen LogP contribution in [-0.2, 0) is 13.0 Å². The highest BCUT2D eigenvalue weighted by molar-refractivity contribution is 7.13. The lowest BCUT2D eigenvalue weighted by Gasteiger charge is -2.03. The molecular formula is C12H15N3S. The molecule has 0 aliphatic carbocycles. The summed E-state index contributed by atoms with van der Waals surface area (Å²) in [5, 5.41) is 6.05. The fourth-order valence-electron chi connectivity index (χ4n) is 1.48. The quantitative estimate of drug-likeness (QED) is 0.777. The minimum atomic E-state index is 0.651. The molecule has 0 aliphatic rings. The molecule has 0 saturated carbocycles. The van der Waals surface area contributed by atoms with Crippen LogP contribution in [0.3, 0.4) is 0 Å². The number of rotatable bonds is 5. The highest BCUT2D eigenvalue weighted by Crippen LogP contribution is 2.10. The van der Waals surface area contributed by atoms with Crippen LogP contribution in [-0.4, -0.2) is 11.5 Å². The van der Waals surface area contributed by atoms with Gasteiger partial charge in [-0.3, -0.25) is 0 Å². The van der Waals surface area contributed by atoms with Crippen molar-refractivity contribution in [2.75, 3.05) is 12.3 Å². The van der Waals surface area contributed by atoms with E-state index in [0.29, 0.717) is 5.13 Å². The predicted molar refractivity (Wildman–Crippen MR) is 68.4 cm³/mol. The zero-order valence-electron chi connectivity index (χ0n) is 9.02. The number of hydrogen-bond acceptors (Lipinski definition) is 4. The smallest absolute Gasteiger partial charge is 0.180 e. The molecule has 0 atom stereocenters. The van der Waals surface area contributed by atoms with Crippen molar-refractivity contribution in [2.45, 2.75) is 13.0 Å².